The molecular formula is C13H13N5OS. The molecule has 0 unspecified atom stereocenters. The minimum Gasteiger partial charge on any atom is -0.298 e. The van der Waals surface area contributed by atoms with Crippen molar-refractivity contribution in [1.82, 2.24) is 20.4 Å². The Hall–Kier alpha value is -2.28. The molecule has 0 saturated heterocycles. The topological polar surface area (TPSA) is 83.6 Å². The molecule has 3 rings (SSSR count). The number of hydrogen-bond donors (Lipinski definition) is 2. The minimum atomic E-state index is -0.195. The van der Waals surface area contributed by atoms with E-state index in [4.69, 9.17) is 0 Å². The number of anilines is 1. The second kappa shape index (κ2) is 5.01. The summed E-state index contributed by atoms with van der Waals surface area (Å²) in [7, 11) is 0. The van der Waals surface area contributed by atoms with Gasteiger partial charge in [-0.1, -0.05) is 13.8 Å². The predicted octanol–water partition coefficient (Wildman–Crippen LogP) is 2.79. The first-order valence-electron chi connectivity index (χ1n) is 6.21. The third kappa shape index (κ3) is 2.39. The first kappa shape index (κ1) is 12.7. The number of carbonyl (C=O) groups is 1. The fourth-order valence-electron chi connectivity index (χ4n) is 1.76. The average molecular weight is 287 g/mol. The van der Waals surface area contributed by atoms with Crippen LogP contribution >= 0.6 is 11.3 Å². The van der Waals surface area contributed by atoms with Gasteiger partial charge in [0.1, 0.15) is 11.0 Å². The Morgan fingerprint density at radius 2 is 2.10 bits per heavy atom. The van der Waals surface area contributed by atoms with Gasteiger partial charge in [0.05, 0.1) is 5.69 Å². The molecule has 1 amide bonds. The van der Waals surface area contributed by atoms with Crippen LogP contribution in [0.4, 0.5) is 5.13 Å². The van der Waals surface area contributed by atoms with Crippen molar-refractivity contribution >= 4 is 33.4 Å². The van der Waals surface area contributed by atoms with E-state index < -0.39 is 0 Å². The zero-order chi connectivity index (χ0) is 14.1. The van der Waals surface area contributed by atoms with Crippen LogP contribution in [0.3, 0.4) is 0 Å². The van der Waals surface area contributed by atoms with E-state index in [1.54, 1.807) is 18.2 Å². The quantitative estimate of drug-likeness (QED) is 0.776. The van der Waals surface area contributed by atoms with Gasteiger partial charge < -0.3 is 0 Å². The van der Waals surface area contributed by atoms with Crippen molar-refractivity contribution < 1.29 is 4.79 Å². The largest absolute Gasteiger partial charge is 0.298 e. The van der Waals surface area contributed by atoms with Gasteiger partial charge in [-0.15, -0.1) is 11.3 Å². The van der Waals surface area contributed by atoms with E-state index in [1.165, 1.54) is 11.3 Å². The number of thiazole rings is 1. The third-order valence-electron chi connectivity index (χ3n) is 2.91. The van der Waals surface area contributed by atoms with Gasteiger partial charge in [-0.05, 0) is 24.1 Å². The molecular weight excluding hydrogens is 274 g/mol. The van der Waals surface area contributed by atoms with Gasteiger partial charge in [0.25, 0.3) is 5.91 Å². The summed E-state index contributed by atoms with van der Waals surface area (Å²) in [6.45, 7) is 4.14. The van der Waals surface area contributed by atoms with E-state index in [9.17, 15) is 4.79 Å². The lowest BCUT2D eigenvalue weighted by atomic mass is 10.2. The lowest BCUT2D eigenvalue weighted by molar-refractivity contribution is 0.102. The Balaban J connectivity index is 1.80. The highest BCUT2D eigenvalue weighted by molar-refractivity contribution is 7.14. The van der Waals surface area contributed by atoms with Crippen molar-refractivity contribution in [1.29, 1.82) is 0 Å². The summed E-state index contributed by atoms with van der Waals surface area (Å²) in [5, 5.41) is 15.8. The van der Waals surface area contributed by atoms with Crippen LogP contribution in [0.2, 0.25) is 0 Å². The SMILES string of the molecule is CC(C)c1csc(NC(=O)c2ccc3n[nH]nc3c2)n1. The normalized spacial score (nSPS) is 11.2. The number of carbonyl (C=O) groups excluding carboxylic acids is 1. The van der Waals surface area contributed by atoms with Crippen molar-refractivity contribution in [2.45, 2.75) is 19.8 Å². The predicted molar refractivity (Wildman–Crippen MR) is 78.0 cm³/mol. The number of rotatable bonds is 3. The molecule has 0 aliphatic heterocycles. The molecule has 2 aromatic heterocycles. The lowest BCUT2D eigenvalue weighted by Crippen LogP contribution is -2.11. The Labute approximate surface area is 119 Å². The molecule has 0 spiro atoms. The smallest absolute Gasteiger partial charge is 0.257 e. The second-order valence-corrected chi connectivity index (χ2v) is 5.57. The molecule has 0 fully saturated rings. The van der Waals surface area contributed by atoms with Gasteiger partial charge in [0.15, 0.2) is 5.13 Å². The monoisotopic (exact) mass is 287 g/mol. The highest BCUT2D eigenvalue weighted by atomic mass is 32.1. The maximum absolute atomic E-state index is 12.2. The summed E-state index contributed by atoms with van der Waals surface area (Å²) in [5.41, 5.74) is 2.92. The molecule has 0 aliphatic rings. The number of amides is 1. The summed E-state index contributed by atoms with van der Waals surface area (Å²) >= 11 is 1.43. The van der Waals surface area contributed by atoms with Crippen LogP contribution in [0.15, 0.2) is 23.6 Å². The third-order valence-corrected chi connectivity index (χ3v) is 3.69. The highest BCUT2D eigenvalue weighted by Crippen LogP contribution is 2.22. The molecule has 20 heavy (non-hydrogen) atoms. The van der Waals surface area contributed by atoms with Gasteiger partial charge >= 0.3 is 0 Å². The number of benzene rings is 1. The summed E-state index contributed by atoms with van der Waals surface area (Å²) < 4.78 is 0. The van der Waals surface area contributed by atoms with Crippen LogP contribution in [0, 0.1) is 0 Å². The number of aromatic amines is 1. The van der Waals surface area contributed by atoms with Gasteiger partial charge in [-0.25, -0.2) is 4.98 Å². The van der Waals surface area contributed by atoms with Gasteiger partial charge in [-0.3, -0.25) is 10.1 Å². The lowest BCUT2D eigenvalue weighted by Gasteiger charge is -2.01. The molecule has 0 aliphatic carbocycles. The van der Waals surface area contributed by atoms with Crippen LogP contribution in [0.1, 0.15) is 35.8 Å². The summed E-state index contributed by atoms with van der Waals surface area (Å²) in [4.78, 5) is 16.5. The van der Waals surface area contributed by atoms with E-state index in [0.29, 0.717) is 22.1 Å². The summed E-state index contributed by atoms with van der Waals surface area (Å²) in [6, 6.07) is 5.18. The van der Waals surface area contributed by atoms with E-state index >= 15 is 0 Å². The molecule has 2 N–H and O–H groups in total. The molecule has 2 heterocycles. The molecule has 1 aromatic carbocycles. The number of fused-ring (bicyclic) bond motifs is 1. The number of nitrogens with one attached hydrogen (secondary N) is 2. The molecule has 0 saturated carbocycles. The van der Waals surface area contributed by atoms with E-state index in [0.717, 1.165) is 11.2 Å². The van der Waals surface area contributed by atoms with Gasteiger partial charge in [-0.2, -0.15) is 15.4 Å². The highest BCUT2D eigenvalue weighted by Gasteiger charge is 2.11. The molecule has 0 atom stereocenters. The molecule has 7 heteroatoms. The van der Waals surface area contributed by atoms with Crippen LogP contribution in [0.25, 0.3) is 11.0 Å². The second-order valence-electron chi connectivity index (χ2n) is 4.71. The Kier molecular flexibility index (Phi) is 3.19. The van der Waals surface area contributed by atoms with Crippen molar-refractivity contribution in [2.24, 2.45) is 0 Å². The van der Waals surface area contributed by atoms with E-state index in [-0.39, 0.29) is 5.91 Å². The Bertz CT molecular complexity index is 761. The number of H-pyrrole nitrogens is 1. The molecule has 102 valence electrons. The van der Waals surface area contributed by atoms with Crippen LogP contribution in [-0.2, 0) is 0 Å². The standard InChI is InChI=1S/C13H13N5OS/c1-7(2)11-6-20-13(14-11)15-12(19)8-3-4-9-10(5-8)17-18-16-9/h3-7H,1-2H3,(H,14,15,19)(H,16,17,18). The van der Waals surface area contributed by atoms with Crippen molar-refractivity contribution in [3.05, 3.63) is 34.8 Å². The summed E-state index contributed by atoms with van der Waals surface area (Å²) in [5.74, 6) is 0.155. The summed E-state index contributed by atoms with van der Waals surface area (Å²) in [6.07, 6.45) is 0. The van der Waals surface area contributed by atoms with Gasteiger partial charge in [0, 0.05) is 10.9 Å². The number of hydrogen-bond acceptors (Lipinski definition) is 5. The average Bonchev–Trinajstić information content (AvgIpc) is 3.05. The molecule has 0 bridgehead atoms. The maximum Gasteiger partial charge on any atom is 0.257 e. The van der Waals surface area contributed by atoms with Crippen molar-refractivity contribution in [2.75, 3.05) is 5.32 Å². The van der Waals surface area contributed by atoms with E-state index in [1.807, 2.05) is 5.38 Å². The first-order chi connectivity index (χ1) is 9.63. The fraction of sp³-hybridized carbons (Fsp3) is 0.231. The molecule has 3 aromatic rings. The zero-order valence-electron chi connectivity index (χ0n) is 11.0. The zero-order valence-corrected chi connectivity index (χ0v) is 11.9. The molecule has 0 radical (unpaired) electrons. The fourth-order valence-corrected chi connectivity index (χ4v) is 2.63. The van der Waals surface area contributed by atoms with Crippen LogP contribution in [0.5, 0.6) is 0 Å². The molecule has 6 nitrogen and oxygen atoms in total. The van der Waals surface area contributed by atoms with Crippen molar-refractivity contribution in [3.8, 4) is 0 Å². The number of aromatic nitrogens is 4. The van der Waals surface area contributed by atoms with Crippen LogP contribution < -0.4 is 5.32 Å². The number of nitrogens with zero attached hydrogens (tertiary/aromatic N) is 3. The van der Waals surface area contributed by atoms with E-state index in [2.05, 4.69) is 39.6 Å². The van der Waals surface area contributed by atoms with Gasteiger partial charge in [0.2, 0.25) is 0 Å². The minimum absolute atomic E-state index is 0.195. The first-order valence-corrected chi connectivity index (χ1v) is 7.09. The van der Waals surface area contributed by atoms with Crippen molar-refractivity contribution in [3.63, 3.8) is 0 Å². The maximum atomic E-state index is 12.2. The Morgan fingerprint density at radius 1 is 1.30 bits per heavy atom. The Morgan fingerprint density at radius 3 is 2.85 bits per heavy atom. The van der Waals surface area contributed by atoms with Crippen LogP contribution in [-0.4, -0.2) is 26.3 Å².